The molecule has 4 bridgehead atoms. The van der Waals surface area contributed by atoms with Crippen molar-refractivity contribution in [3.8, 4) is 6.01 Å². The van der Waals surface area contributed by atoms with Crippen molar-refractivity contribution in [2.45, 2.75) is 70.6 Å². The molecule has 250 valence electrons. The number of ether oxygens (including phenoxy) is 2. The molecular weight excluding hydrogens is 624 g/mol. The van der Waals surface area contributed by atoms with Gasteiger partial charge in [-0.05, 0) is 86.6 Å². The lowest BCUT2D eigenvalue weighted by Gasteiger charge is -2.36. The first-order chi connectivity index (χ1) is 22.6. The van der Waals surface area contributed by atoms with E-state index in [0.717, 1.165) is 45.7 Å². The van der Waals surface area contributed by atoms with Crippen LogP contribution in [0.25, 0.3) is 22.6 Å². The maximum absolute atomic E-state index is 16.6. The molecule has 4 aliphatic heterocycles. The molecule has 3 aromatic rings. The normalized spacial score (nSPS) is 25.5. The molecule has 0 saturated carbocycles. The van der Waals surface area contributed by atoms with Crippen molar-refractivity contribution in [2.75, 3.05) is 44.4 Å². The summed E-state index contributed by atoms with van der Waals surface area (Å²) < 4.78 is 42.2. The molecule has 11 heteroatoms. The first-order valence-electron chi connectivity index (χ1n) is 16.7. The van der Waals surface area contributed by atoms with Gasteiger partial charge < -0.3 is 24.8 Å². The molecule has 8 nitrogen and oxygen atoms in total. The molecule has 4 aliphatic rings. The number of piperazine rings is 1. The summed E-state index contributed by atoms with van der Waals surface area (Å²) in [5.74, 6) is -0.238. The van der Waals surface area contributed by atoms with Gasteiger partial charge in [0.05, 0.1) is 24.8 Å². The van der Waals surface area contributed by atoms with E-state index >= 15 is 4.39 Å². The highest BCUT2D eigenvalue weighted by atomic mass is 35.5. The molecule has 2 aromatic carbocycles. The van der Waals surface area contributed by atoms with Crippen LogP contribution in [0.3, 0.4) is 0 Å². The van der Waals surface area contributed by atoms with E-state index in [1.807, 2.05) is 0 Å². The van der Waals surface area contributed by atoms with Gasteiger partial charge in [0.25, 0.3) is 0 Å². The molecule has 1 aromatic heterocycles. The van der Waals surface area contributed by atoms with Crippen LogP contribution in [-0.2, 0) is 4.74 Å². The highest BCUT2D eigenvalue weighted by Gasteiger charge is 2.38. The zero-order valence-electron chi connectivity index (χ0n) is 27.1. The van der Waals surface area contributed by atoms with Crippen molar-refractivity contribution in [2.24, 2.45) is 5.92 Å². The topological polar surface area (TPSA) is 83.0 Å². The summed E-state index contributed by atoms with van der Waals surface area (Å²) in [4.78, 5) is 14.2. The van der Waals surface area contributed by atoms with Gasteiger partial charge in [-0.1, -0.05) is 24.6 Å². The van der Waals surface area contributed by atoms with Crippen molar-refractivity contribution < 1.29 is 23.4 Å². The first-order valence-corrected chi connectivity index (χ1v) is 17.0. The van der Waals surface area contributed by atoms with Gasteiger partial charge in [-0.3, -0.25) is 4.90 Å². The fourth-order valence-electron chi connectivity index (χ4n) is 7.73. The monoisotopic (exact) mass is 665 g/mol. The Morgan fingerprint density at radius 1 is 1.13 bits per heavy atom. The number of aliphatic hydroxyl groups excluding tert-OH is 1. The van der Waals surface area contributed by atoms with Crippen LogP contribution in [0.1, 0.15) is 56.2 Å². The average Bonchev–Trinajstić information content (AvgIpc) is 3.46. The summed E-state index contributed by atoms with van der Waals surface area (Å²) in [5.41, 5.74) is 2.00. The Morgan fingerprint density at radius 3 is 2.55 bits per heavy atom. The standard InChI is InChI=1S/C36H42ClF2N5O3/c1-20(14-44-27-8-9-28(44)19-46-18-27)17-47-36-41-34-30(35(42-36)43-15-25-6-7-26(16-43)40-25)13-31(37)32(33(34)39)22(3)11-29(45)12-23-4-5-24(38)10-21(23)2/h4-5,10-13,20,25-28,40,45H,6-9,14-19H2,1-3H3/b22-11+,29-12+/t20-,25?,26?,27?,28?/m1/s1. The van der Waals surface area contributed by atoms with Gasteiger partial charge in [0, 0.05) is 60.7 Å². The summed E-state index contributed by atoms with van der Waals surface area (Å²) >= 11 is 6.78. The third kappa shape index (κ3) is 6.70. The maximum Gasteiger partial charge on any atom is 0.319 e. The molecule has 47 heavy (non-hydrogen) atoms. The number of morpholine rings is 1. The lowest BCUT2D eigenvalue weighted by atomic mass is 10.0. The van der Waals surface area contributed by atoms with Crippen LogP contribution in [0.5, 0.6) is 6.01 Å². The number of benzene rings is 2. The summed E-state index contributed by atoms with van der Waals surface area (Å²) in [7, 11) is 0. The molecule has 4 saturated heterocycles. The predicted octanol–water partition coefficient (Wildman–Crippen LogP) is 6.69. The van der Waals surface area contributed by atoms with Crippen LogP contribution in [-0.4, -0.2) is 83.6 Å². The predicted molar refractivity (Wildman–Crippen MR) is 181 cm³/mol. The quantitative estimate of drug-likeness (QED) is 0.193. The van der Waals surface area contributed by atoms with Crippen LogP contribution < -0.4 is 15.0 Å². The summed E-state index contributed by atoms with van der Waals surface area (Å²) in [5, 5.41) is 15.1. The van der Waals surface area contributed by atoms with Crippen molar-refractivity contribution in [1.82, 2.24) is 20.2 Å². The lowest BCUT2D eigenvalue weighted by Crippen LogP contribution is -2.51. The van der Waals surface area contributed by atoms with Gasteiger partial charge in [0.2, 0.25) is 0 Å². The number of allylic oxidation sites excluding steroid dienone is 2. The smallest absolute Gasteiger partial charge is 0.319 e. The second kappa shape index (κ2) is 13.3. The van der Waals surface area contributed by atoms with Crippen LogP contribution in [0.4, 0.5) is 14.6 Å². The second-order valence-electron chi connectivity index (χ2n) is 13.7. The Kier molecular flexibility index (Phi) is 9.13. The van der Waals surface area contributed by atoms with E-state index in [-0.39, 0.29) is 39.6 Å². The Morgan fingerprint density at radius 2 is 1.85 bits per heavy atom. The van der Waals surface area contributed by atoms with Gasteiger partial charge in [-0.15, -0.1) is 0 Å². The van der Waals surface area contributed by atoms with Gasteiger partial charge >= 0.3 is 6.01 Å². The third-order valence-electron chi connectivity index (χ3n) is 10.1. The van der Waals surface area contributed by atoms with Crippen LogP contribution in [0, 0.1) is 24.5 Å². The molecule has 4 unspecified atom stereocenters. The number of rotatable bonds is 9. The number of aryl methyl sites for hydroxylation is 1. The molecule has 0 aliphatic carbocycles. The minimum Gasteiger partial charge on any atom is -0.508 e. The van der Waals surface area contributed by atoms with E-state index in [9.17, 15) is 9.50 Å². The lowest BCUT2D eigenvalue weighted by molar-refractivity contribution is -0.0229. The Hall–Kier alpha value is -3.31. The molecule has 0 amide bonds. The summed E-state index contributed by atoms with van der Waals surface area (Å²) in [6.07, 6.45) is 7.48. The Balaban J connectivity index is 1.20. The summed E-state index contributed by atoms with van der Waals surface area (Å²) in [6.45, 7) is 9.96. The fourth-order valence-corrected chi connectivity index (χ4v) is 8.07. The van der Waals surface area contributed by atoms with E-state index in [1.165, 1.54) is 37.1 Å². The molecule has 5 atom stereocenters. The third-order valence-corrected chi connectivity index (χ3v) is 10.4. The van der Waals surface area contributed by atoms with Gasteiger partial charge in [-0.25, -0.2) is 8.78 Å². The SMILES string of the molecule is C/C(=C\C(O)=C/c1ccc(F)cc1C)c1c(Cl)cc2c(N3CC4CCC(C3)N4)nc(OC[C@H](C)CN3C4CCC3COC4)nc2c1F. The average molecular weight is 666 g/mol. The summed E-state index contributed by atoms with van der Waals surface area (Å²) in [6, 6.07) is 7.78. The fraction of sp³-hybridized carbons (Fsp3) is 0.500. The number of nitrogens with one attached hydrogen (secondary N) is 1. The number of nitrogens with zero attached hydrogens (tertiary/aromatic N) is 4. The van der Waals surface area contributed by atoms with E-state index in [2.05, 4.69) is 27.0 Å². The number of anilines is 1. The van der Waals surface area contributed by atoms with Crippen LogP contribution in [0.15, 0.2) is 36.1 Å². The van der Waals surface area contributed by atoms with E-state index in [4.69, 9.17) is 26.1 Å². The van der Waals surface area contributed by atoms with Crippen molar-refractivity contribution in [3.63, 3.8) is 0 Å². The molecule has 4 fully saturated rings. The number of aliphatic hydroxyl groups is 1. The second-order valence-corrected chi connectivity index (χ2v) is 14.2. The largest absolute Gasteiger partial charge is 0.508 e. The number of aromatic nitrogens is 2. The van der Waals surface area contributed by atoms with E-state index in [0.29, 0.717) is 58.7 Å². The van der Waals surface area contributed by atoms with E-state index < -0.39 is 5.82 Å². The molecule has 7 rings (SSSR count). The molecule has 0 spiro atoms. The number of hydrogen-bond acceptors (Lipinski definition) is 8. The van der Waals surface area contributed by atoms with Crippen molar-refractivity contribution in [1.29, 1.82) is 0 Å². The molecular formula is C36H42ClF2N5O3. The van der Waals surface area contributed by atoms with Crippen LogP contribution >= 0.6 is 11.6 Å². The highest BCUT2D eigenvalue weighted by molar-refractivity contribution is 6.33. The van der Waals surface area contributed by atoms with Gasteiger partial charge in [-0.2, -0.15) is 9.97 Å². The van der Waals surface area contributed by atoms with Gasteiger partial charge in [0.1, 0.15) is 22.9 Å². The molecule has 2 N–H and O–H groups in total. The molecule has 0 radical (unpaired) electrons. The van der Waals surface area contributed by atoms with Crippen molar-refractivity contribution >= 4 is 40.0 Å². The highest BCUT2D eigenvalue weighted by Crippen LogP contribution is 2.38. The number of hydrogen-bond donors (Lipinski definition) is 2. The Labute approximate surface area is 279 Å². The minimum absolute atomic E-state index is 0.112. The minimum atomic E-state index is -0.600. The number of fused-ring (bicyclic) bond motifs is 5. The molecule has 5 heterocycles. The first kappa shape index (κ1) is 32.2. The Bertz CT molecular complexity index is 1710. The van der Waals surface area contributed by atoms with Gasteiger partial charge in [0.15, 0.2) is 5.82 Å². The zero-order chi connectivity index (χ0) is 32.8. The number of halogens is 3. The zero-order valence-corrected chi connectivity index (χ0v) is 27.9. The maximum atomic E-state index is 16.6. The van der Waals surface area contributed by atoms with Crippen LogP contribution in [0.2, 0.25) is 5.02 Å². The van der Waals surface area contributed by atoms with E-state index in [1.54, 1.807) is 26.0 Å². The van der Waals surface area contributed by atoms with Crippen molar-refractivity contribution in [3.05, 3.63) is 69.4 Å².